The van der Waals surface area contributed by atoms with E-state index in [1.807, 2.05) is 4.90 Å². The summed E-state index contributed by atoms with van der Waals surface area (Å²) in [6.07, 6.45) is 4.38. The topological polar surface area (TPSA) is 49.8 Å². The molecule has 1 aliphatic heterocycles. The van der Waals surface area contributed by atoms with Gasteiger partial charge >= 0.3 is 0 Å². The van der Waals surface area contributed by atoms with Gasteiger partial charge in [-0.05, 0) is 38.0 Å². The van der Waals surface area contributed by atoms with Crippen molar-refractivity contribution < 1.29 is 14.6 Å². The molecule has 0 aliphatic carbocycles. The van der Waals surface area contributed by atoms with Gasteiger partial charge in [0.2, 0.25) is 0 Å². The zero-order chi connectivity index (χ0) is 13.8. The summed E-state index contributed by atoms with van der Waals surface area (Å²) in [5, 5.41) is 9.89. The lowest BCUT2D eigenvalue weighted by atomic mass is 10.1. The SMILES string of the molecule is COc1ccc(O)c(C(=O)N2CCCCCC2C)c1. The maximum Gasteiger partial charge on any atom is 0.257 e. The first kappa shape index (κ1) is 13.7. The molecule has 19 heavy (non-hydrogen) atoms. The van der Waals surface area contributed by atoms with Gasteiger partial charge in [-0.3, -0.25) is 4.79 Å². The Kier molecular flexibility index (Phi) is 4.30. The molecule has 104 valence electrons. The first-order valence-corrected chi connectivity index (χ1v) is 6.81. The van der Waals surface area contributed by atoms with Crippen LogP contribution in [0.25, 0.3) is 0 Å². The lowest BCUT2D eigenvalue weighted by molar-refractivity contribution is 0.0694. The average Bonchev–Trinajstić information content (AvgIpc) is 2.63. The van der Waals surface area contributed by atoms with E-state index >= 15 is 0 Å². The number of methoxy groups -OCH3 is 1. The summed E-state index contributed by atoms with van der Waals surface area (Å²) in [6, 6.07) is 4.99. The van der Waals surface area contributed by atoms with Crippen LogP contribution in [0.3, 0.4) is 0 Å². The normalized spacial score (nSPS) is 19.9. The first-order valence-electron chi connectivity index (χ1n) is 6.81. The number of carbonyl (C=O) groups is 1. The van der Waals surface area contributed by atoms with E-state index in [-0.39, 0.29) is 17.7 Å². The Bertz CT molecular complexity index is 459. The molecule has 1 atom stereocenters. The van der Waals surface area contributed by atoms with Gasteiger partial charge in [-0.25, -0.2) is 0 Å². The Morgan fingerprint density at radius 3 is 2.89 bits per heavy atom. The molecule has 0 radical (unpaired) electrons. The molecule has 0 bridgehead atoms. The molecular formula is C15H21NO3. The van der Waals surface area contributed by atoms with Crippen LogP contribution in [0.1, 0.15) is 43.0 Å². The molecule has 1 unspecified atom stereocenters. The minimum atomic E-state index is -0.106. The van der Waals surface area contributed by atoms with Crippen LogP contribution in [-0.4, -0.2) is 35.6 Å². The minimum absolute atomic E-state index is 0.0160. The molecule has 1 aromatic carbocycles. The van der Waals surface area contributed by atoms with Crippen molar-refractivity contribution in [3.63, 3.8) is 0 Å². The van der Waals surface area contributed by atoms with Crippen molar-refractivity contribution in [3.05, 3.63) is 23.8 Å². The zero-order valence-electron chi connectivity index (χ0n) is 11.6. The first-order chi connectivity index (χ1) is 9.13. The molecule has 1 fully saturated rings. The van der Waals surface area contributed by atoms with Crippen LogP contribution >= 0.6 is 0 Å². The number of carbonyl (C=O) groups excluding carboxylic acids is 1. The molecule has 0 saturated carbocycles. The molecule has 1 N–H and O–H groups in total. The Balaban J connectivity index is 2.26. The second-order valence-electron chi connectivity index (χ2n) is 5.08. The van der Waals surface area contributed by atoms with E-state index in [4.69, 9.17) is 4.74 Å². The van der Waals surface area contributed by atoms with Crippen molar-refractivity contribution in [3.8, 4) is 11.5 Å². The van der Waals surface area contributed by atoms with Gasteiger partial charge in [0.1, 0.15) is 11.5 Å². The highest BCUT2D eigenvalue weighted by Crippen LogP contribution is 2.26. The van der Waals surface area contributed by atoms with E-state index in [2.05, 4.69) is 6.92 Å². The van der Waals surface area contributed by atoms with Crippen LogP contribution in [0.5, 0.6) is 11.5 Å². The third kappa shape index (κ3) is 3.00. The van der Waals surface area contributed by atoms with E-state index in [0.717, 1.165) is 32.2 Å². The zero-order valence-corrected chi connectivity index (χ0v) is 11.6. The van der Waals surface area contributed by atoms with Gasteiger partial charge in [0, 0.05) is 12.6 Å². The lowest BCUT2D eigenvalue weighted by Crippen LogP contribution is -2.38. The number of amides is 1. The standard InChI is InChI=1S/C15H21NO3/c1-11-6-4-3-5-9-16(11)15(18)13-10-12(19-2)7-8-14(13)17/h7-8,10-11,17H,3-6,9H2,1-2H3. The summed E-state index contributed by atoms with van der Waals surface area (Å²) >= 11 is 0. The predicted molar refractivity (Wildman–Crippen MR) is 73.6 cm³/mol. The maximum absolute atomic E-state index is 12.6. The van der Waals surface area contributed by atoms with Gasteiger partial charge in [0.25, 0.3) is 5.91 Å². The molecule has 4 heteroatoms. The maximum atomic E-state index is 12.6. The Hall–Kier alpha value is -1.71. The summed E-state index contributed by atoms with van der Waals surface area (Å²) in [5.74, 6) is 0.497. The van der Waals surface area contributed by atoms with Crippen LogP contribution in [0.15, 0.2) is 18.2 Å². The predicted octanol–water partition coefficient (Wildman–Crippen LogP) is 2.81. The van der Waals surface area contributed by atoms with Crippen LogP contribution < -0.4 is 4.74 Å². The summed E-state index contributed by atoms with van der Waals surface area (Å²) in [7, 11) is 1.55. The number of phenolic OH excluding ortho intramolecular Hbond substituents is 1. The number of benzene rings is 1. The fraction of sp³-hybridized carbons (Fsp3) is 0.533. The molecular weight excluding hydrogens is 242 g/mol. The van der Waals surface area contributed by atoms with Crippen LogP contribution in [0.2, 0.25) is 0 Å². The fourth-order valence-electron chi connectivity index (χ4n) is 2.54. The number of ether oxygens (including phenoxy) is 1. The van der Waals surface area contributed by atoms with Crippen molar-refractivity contribution in [1.29, 1.82) is 0 Å². The Morgan fingerprint density at radius 1 is 1.37 bits per heavy atom. The number of nitrogens with zero attached hydrogens (tertiary/aromatic N) is 1. The smallest absolute Gasteiger partial charge is 0.257 e. The van der Waals surface area contributed by atoms with E-state index in [0.29, 0.717) is 11.3 Å². The highest BCUT2D eigenvalue weighted by atomic mass is 16.5. The summed E-state index contributed by atoms with van der Waals surface area (Å²) in [5.41, 5.74) is 0.327. The van der Waals surface area contributed by atoms with Gasteiger partial charge in [0.05, 0.1) is 12.7 Å². The lowest BCUT2D eigenvalue weighted by Gasteiger charge is -2.27. The van der Waals surface area contributed by atoms with Gasteiger partial charge in [-0.2, -0.15) is 0 Å². The number of aromatic hydroxyl groups is 1. The average molecular weight is 263 g/mol. The molecule has 1 amide bonds. The van der Waals surface area contributed by atoms with E-state index < -0.39 is 0 Å². The highest BCUT2D eigenvalue weighted by Gasteiger charge is 2.25. The van der Waals surface area contributed by atoms with Gasteiger partial charge in [-0.15, -0.1) is 0 Å². The monoisotopic (exact) mass is 263 g/mol. The van der Waals surface area contributed by atoms with Crippen molar-refractivity contribution in [2.24, 2.45) is 0 Å². The van der Waals surface area contributed by atoms with Crippen LogP contribution in [-0.2, 0) is 0 Å². The largest absolute Gasteiger partial charge is 0.507 e. The third-order valence-corrected chi connectivity index (χ3v) is 3.75. The Labute approximate surface area is 114 Å². The van der Waals surface area contributed by atoms with Crippen molar-refractivity contribution in [1.82, 2.24) is 4.90 Å². The number of likely N-dealkylation sites (tertiary alicyclic amines) is 1. The van der Waals surface area contributed by atoms with Crippen LogP contribution in [0, 0.1) is 0 Å². The van der Waals surface area contributed by atoms with Crippen molar-refractivity contribution >= 4 is 5.91 Å². The van der Waals surface area contributed by atoms with Crippen LogP contribution in [0.4, 0.5) is 0 Å². The quantitative estimate of drug-likeness (QED) is 0.892. The second-order valence-corrected chi connectivity index (χ2v) is 5.08. The number of rotatable bonds is 2. The molecule has 0 spiro atoms. The molecule has 4 nitrogen and oxygen atoms in total. The summed E-state index contributed by atoms with van der Waals surface area (Å²) in [6.45, 7) is 2.83. The van der Waals surface area contributed by atoms with Crippen molar-refractivity contribution in [2.45, 2.75) is 38.6 Å². The van der Waals surface area contributed by atoms with Gasteiger partial charge in [0.15, 0.2) is 0 Å². The summed E-state index contributed by atoms with van der Waals surface area (Å²) in [4.78, 5) is 14.4. The van der Waals surface area contributed by atoms with E-state index in [1.165, 1.54) is 6.07 Å². The molecule has 1 saturated heterocycles. The molecule has 1 aromatic rings. The van der Waals surface area contributed by atoms with Gasteiger partial charge in [-0.1, -0.05) is 12.8 Å². The minimum Gasteiger partial charge on any atom is -0.507 e. The van der Waals surface area contributed by atoms with E-state index in [9.17, 15) is 9.90 Å². The van der Waals surface area contributed by atoms with E-state index in [1.54, 1.807) is 19.2 Å². The molecule has 2 rings (SSSR count). The number of hydrogen-bond donors (Lipinski definition) is 1. The highest BCUT2D eigenvalue weighted by molar-refractivity contribution is 5.97. The molecule has 1 heterocycles. The third-order valence-electron chi connectivity index (χ3n) is 3.75. The van der Waals surface area contributed by atoms with Crippen molar-refractivity contribution in [2.75, 3.05) is 13.7 Å². The molecule has 1 aliphatic rings. The second kappa shape index (κ2) is 5.95. The number of phenols is 1. The Morgan fingerprint density at radius 2 is 2.16 bits per heavy atom. The summed E-state index contributed by atoms with van der Waals surface area (Å²) < 4.78 is 5.12. The van der Waals surface area contributed by atoms with Gasteiger partial charge < -0.3 is 14.7 Å². The molecule has 0 aromatic heterocycles. The number of hydrogen-bond acceptors (Lipinski definition) is 3. The fourth-order valence-corrected chi connectivity index (χ4v) is 2.54.